The Morgan fingerprint density at radius 3 is 2.59 bits per heavy atom. The van der Waals surface area contributed by atoms with Gasteiger partial charge in [0, 0.05) is 11.1 Å². The van der Waals surface area contributed by atoms with Crippen LogP contribution in [0.4, 0.5) is 0 Å². The Morgan fingerprint density at radius 1 is 1.12 bits per heavy atom. The van der Waals surface area contributed by atoms with Crippen LogP contribution < -0.4 is 15.5 Å². The number of fused-ring (bicyclic) bond motifs is 1. The van der Waals surface area contributed by atoms with Crippen molar-refractivity contribution in [2.24, 2.45) is 11.0 Å². The number of halogens is 2. The first-order valence-corrected chi connectivity index (χ1v) is 11.2. The number of nitrogens with one attached hydrogen (secondary N) is 2. The summed E-state index contributed by atoms with van der Waals surface area (Å²) < 4.78 is 5.64. The van der Waals surface area contributed by atoms with Gasteiger partial charge in [0.15, 0.2) is 0 Å². The first-order chi connectivity index (χ1) is 16.3. The molecule has 0 saturated heterocycles. The minimum atomic E-state index is -0.830. The van der Waals surface area contributed by atoms with E-state index < -0.39 is 17.9 Å². The number of benzene rings is 3. The third kappa shape index (κ3) is 6.07. The maximum atomic E-state index is 12.8. The molecule has 0 saturated carbocycles. The smallest absolute Gasteiger partial charge is 0.262 e. The zero-order valence-electron chi connectivity index (χ0n) is 18.6. The van der Waals surface area contributed by atoms with Gasteiger partial charge in [-0.2, -0.15) is 5.10 Å². The van der Waals surface area contributed by atoms with Crippen molar-refractivity contribution in [2.75, 3.05) is 6.61 Å². The number of ether oxygens (including phenoxy) is 1. The van der Waals surface area contributed by atoms with E-state index in [1.165, 1.54) is 24.4 Å². The molecule has 0 aromatic heterocycles. The fourth-order valence-electron chi connectivity index (χ4n) is 3.28. The molecule has 0 bridgehead atoms. The van der Waals surface area contributed by atoms with Crippen LogP contribution in [0, 0.1) is 18.3 Å². The van der Waals surface area contributed by atoms with Crippen molar-refractivity contribution in [1.29, 1.82) is 0 Å². The Kier molecular flexibility index (Phi) is 8.53. The summed E-state index contributed by atoms with van der Waals surface area (Å²) in [6, 6.07) is 15.1. The van der Waals surface area contributed by atoms with Gasteiger partial charge in [0.25, 0.3) is 11.8 Å². The first-order valence-electron chi connectivity index (χ1n) is 10.5. The maximum absolute atomic E-state index is 12.8. The molecule has 0 aliphatic carbocycles. The Morgan fingerprint density at radius 2 is 1.88 bits per heavy atom. The standard InChI is InChI=1S/C26H23Cl2N3O3/c1-4-13-34-23-12-10-17-7-5-6-8-19(17)20(23)15-29-31-26(33)24(16(2)3)30-25(32)18-9-11-21(27)22(28)14-18/h1,5-12,14-16,24H,13H2,2-3H3,(H,30,32)(H,31,33). The van der Waals surface area contributed by atoms with Crippen LogP contribution >= 0.6 is 23.2 Å². The number of hydrogen-bond acceptors (Lipinski definition) is 4. The number of carbonyl (C=O) groups is 2. The molecular weight excluding hydrogens is 473 g/mol. The normalized spacial score (nSPS) is 11.9. The summed E-state index contributed by atoms with van der Waals surface area (Å²) in [6.07, 6.45) is 6.83. The molecule has 0 fully saturated rings. The highest BCUT2D eigenvalue weighted by Gasteiger charge is 2.25. The lowest BCUT2D eigenvalue weighted by Gasteiger charge is -2.20. The Labute approximate surface area is 208 Å². The van der Waals surface area contributed by atoms with Crippen molar-refractivity contribution in [3.8, 4) is 18.1 Å². The second-order valence-corrected chi connectivity index (χ2v) is 8.56. The van der Waals surface area contributed by atoms with E-state index in [9.17, 15) is 9.59 Å². The summed E-state index contributed by atoms with van der Waals surface area (Å²) in [7, 11) is 0. The number of amides is 2. The van der Waals surface area contributed by atoms with Crippen LogP contribution in [-0.4, -0.2) is 30.7 Å². The number of rotatable bonds is 8. The molecule has 1 atom stereocenters. The maximum Gasteiger partial charge on any atom is 0.262 e. The summed E-state index contributed by atoms with van der Waals surface area (Å²) in [5.74, 6) is 1.87. The SMILES string of the molecule is C#CCOc1ccc2ccccc2c1C=NNC(=O)C(NC(=O)c1ccc(Cl)c(Cl)c1)C(C)C. The van der Waals surface area contributed by atoms with Crippen LogP contribution in [0.2, 0.25) is 10.0 Å². The molecule has 8 heteroatoms. The van der Waals surface area contributed by atoms with Crippen molar-refractivity contribution in [2.45, 2.75) is 19.9 Å². The predicted molar refractivity (Wildman–Crippen MR) is 137 cm³/mol. The third-order valence-corrected chi connectivity index (χ3v) is 5.77. The zero-order valence-corrected chi connectivity index (χ0v) is 20.2. The summed E-state index contributed by atoms with van der Waals surface area (Å²) in [5, 5.41) is 9.31. The number of terminal acetylenes is 1. The molecule has 2 amide bonds. The van der Waals surface area contributed by atoms with Gasteiger partial charge in [-0.15, -0.1) is 6.42 Å². The van der Waals surface area contributed by atoms with Gasteiger partial charge in [-0.1, -0.05) is 73.3 Å². The fourth-order valence-corrected chi connectivity index (χ4v) is 3.58. The largest absolute Gasteiger partial charge is 0.480 e. The molecule has 1 unspecified atom stereocenters. The van der Waals surface area contributed by atoms with Gasteiger partial charge >= 0.3 is 0 Å². The van der Waals surface area contributed by atoms with Crippen molar-refractivity contribution < 1.29 is 14.3 Å². The van der Waals surface area contributed by atoms with Crippen LogP contribution in [0.1, 0.15) is 29.8 Å². The highest BCUT2D eigenvalue weighted by atomic mass is 35.5. The molecule has 174 valence electrons. The quantitative estimate of drug-likeness (QED) is 0.260. The average Bonchev–Trinajstić information content (AvgIpc) is 2.82. The third-order valence-electron chi connectivity index (χ3n) is 5.03. The lowest BCUT2D eigenvalue weighted by atomic mass is 10.0. The van der Waals surface area contributed by atoms with Crippen LogP contribution in [0.15, 0.2) is 59.7 Å². The van der Waals surface area contributed by atoms with Crippen molar-refractivity contribution >= 4 is 52.0 Å². The Balaban J connectivity index is 1.78. The van der Waals surface area contributed by atoms with E-state index in [4.69, 9.17) is 34.4 Å². The van der Waals surface area contributed by atoms with Crippen molar-refractivity contribution in [3.05, 3.63) is 75.8 Å². The average molecular weight is 496 g/mol. The highest BCUT2D eigenvalue weighted by molar-refractivity contribution is 6.42. The van der Waals surface area contributed by atoms with Gasteiger partial charge in [-0.3, -0.25) is 9.59 Å². The molecule has 0 radical (unpaired) electrons. The van der Waals surface area contributed by atoms with Crippen molar-refractivity contribution in [1.82, 2.24) is 10.7 Å². The van der Waals surface area contributed by atoms with Crippen LogP contribution in [0.3, 0.4) is 0 Å². The lowest BCUT2D eigenvalue weighted by Crippen LogP contribution is -2.48. The molecular formula is C26H23Cl2N3O3. The fraction of sp³-hybridized carbons (Fsp3) is 0.192. The summed E-state index contributed by atoms with van der Waals surface area (Å²) in [6.45, 7) is 3.74. The van der Waals surface area contributed by atoms with E-state index in [1.807, 2.05) is 44.2 Å². The zero-order chi connectivity index (χ0) is 24.7. The Bertz CT molecular complexity index is 1280. The minimum absolute atomic E-state index is 0.0989. The molecule has 34 heavy (non-hydrogen) atoms. The van der Waals surface area contributed by atoms with E-state index in [1.54, 1.807) is 6.07 Å². The highest BCUT2D eigenvalue weighted by Crippen LogP contribution is 2.27. The van der Waals surface area contributed by atoms with E-state index >= 15 is 0 Å². The lowest BCUT2D eigenvalue weighted by molar-refractivity contribution is -0.123. The van der Waals surface area contributed by atoms with Gasteiger partial charge in [0.1, 0.15) is 18.4 Å². The van der Waals surface area contributed by atoms with Gasteiger partial charge in [-0.25, -0.2) is 5.43 Å². The predicted octanol–water partition coefficient (Wildman–Crippen LogP) is 5.06. The molecule has 3 rings (SSSR count). The second-order valence-electron chi connectivity index (χ2n) is 7.75. The first kappa shape index (κ1) is 25.1. The molecule has 0 spiro atoms. The van der Waals surface area contributed by atoms with Crippen LogP contribution in [-0.2, 0) is 4.79 Å². The van der Waals surface area contributed by atoms with E-state index in [0.717, 1.165) is 10.8 Å². The summed E-state index contributed by atoms with van der Waals surface area (Å²) >= 11 is 11.9. The summed E-state index contributed by atoms with van der Waals surface area (Å²) in [4.78, 5) is 25.5. The van der Waals surface area contributed by atoms with E-state index in [2.05, 4.69) is 21.8 Å². The van der Waals surface area contributed by atoms with Crippen LogP contribution in [0.25, 0.3) is 10.8 Å². The molecule has 0 heterocycles. The van der Waals surface area contributed by atoms with Gasteiger partial charge in [0.05, 0.1) is 16.3 Å². The number of carbonyl (C=O) groups excluding carboxylic acids is 2. The molecule has 2 N–H and O–H groups in total. The minimum Gasteiger partial charge on any atom is -0.480 e. The number of hydrazone groups is 1. The molecule has 6 nitrogen and oxygen atoms in total. The van der Waals surface area contributed by atoms with E-state index in [0.29, 0.717) is 21.9 Å². The monoisotopic (exact) mass is 495 g/mol. The van der Waals surface area contributed by atoms with Crippen molar-refractivity contribution in [3.63, 3.8) is 0 Å². The second kappa shape index (κ2) is 11.6. The van der Waals surface area contributed by atoms with Gasteiger partial charge < -0.3 is 10.1 Å². The number of nitrogens with zero attached hydrogens (tertiary/aromatic N) is 1. The Hall–Kier alpha value is -3.53. The number of hydrogen-bond donors (Lipinski definition) is 2. The molecule has 0 aliphatic rings. The molecule has 0 aliphatic heterocycles. The molecule has 3 aromatic rings. The van der Waals surface area contributed by atoms with Gasteiger partial charge in [-0.05, 0) is 41.0 Å². The summed E-state index contributed by atoms with van der Waals surface area (Å²) in [5.41, 5.74) is 3.48. The topological polar surface area (TPSA) is 79.8 Å². The molecule has 3 aromatic carbocycles. The van der Waals surface area contributed by atoms with E-state index in [-0.39, 0.29) is 17.5 Å². The van der Waals surface area contributed by atoms with Gasteiger partial charge in [0.2, 0.25) is 0 Å². The van der Waals surface area contributed by atoms with Crippen LogP contribution in [0.5, 0.6) is 5.75 Å².